The van der Waals surface area contributed by atoms with Crippen molar-refractivity contribution in [1.82, 2.24) is 0 Å². The summed E-state index contributed by atoms with van der Waals surface area (Å²) in [5.41, 5.74) is 1.63. The number of hydrogen-bond acceptors (Lipinski definition) is 8. The lowest BCUT2D eigenvalue weighted by Gasteiger charge is -2.11. The van der Waals surface area contributed by atoms with Crippen molar-refractivity contribution in [2.24, 2.45) is 5.10 Å². The Balaban J connectivity index is 1.80. The maximum Gasteiger partial charge on any atom is 0.387 e. The van der Waals surface area contributed by atoms with Crippen LogP contribution in [0, 0.1) is 10.1 Å². The molecule has 0 bridgehead atoms. The molecule has 0 heterocycles. The zero-order chi connectivity index (χ0) is 25.6. The van der Waals surface area contributed by atoms with E-state index in [-0.39, 0.29) is 22.7 Å². The number of nitrogens with one attached hydrogen (secondary N) is 2. The predicted molar refractivity (Wildman–Crippen MR) is 122 cm³/mol. The van der Waals surface area contributed by atoms with Gasteiger partial charge in [-0.15, -0.1) is 0 Å². The topological polar surface area (TPSA) is 160 Å². The van der Waals surface area contributed by atoms with Crippen LogP contribution in [0.25, 0.3) is 0 Å². The highest BCUT2D eigenvalue weighted by molar-refractivity contribution is 7.92. The van der Waals surface area contributed by atoms with E-state index in [0.29, 0.717) is 5.56 Å². The number of nitro groups is 1. The number of aromatic carboxylic acids is 1. The third-order valence-electron chi connectivity index (χ3n) is 4.38. The van der Waals surface area contributed by atoms with Crippen LogP contribution in [0.1, 0.15) is 15.9 Å². The van der Waals surface area contributed by atoms with Gasteiger partial charge in [-0.2, -0.15) is 13.9 Å². The molecule has 0 aromatic heterocycles. The SMILES string of the molecule is O=C(O)c1ccccc1NS(=O)(=O)c1ccc(N/N=C/c2ccc(OC(F)F)cc2)c([N+](=O)[O-])c1. The molecule has 0 aliphatic rings. The minimum absolute atomic E-state index is 0.0582. The fraction of sp³-hybridized carbons (Fsp3) is 0.0476. The van der Waals surface area contributed by atoms with E-state index in [0.717, 1.165) is 18.2 Å². The molecule has 11 nitrogen and oxygen atoms in total. The normalized spacial score (nSPS) is 11.4. The van der Waals surface area contributed by atoms with E-state index < -0.39 is 38.1 Å². The lowest BCUT2D eigenvalue weighted by molar-refractivity contribution is -0.384. The Hall–Kier alpha value is -4.59. The lowest BCUT2D eigenvalue weighted by atomic mass is 10.2. The summed E-state index contributed by atoms with van der Waals surface area (Å²) in [6.45, 7) is -2.97. The first-order chi connectivity index (χ1) is 16.6. The van der Waals surface area contributed by atoms with Crippen molar-refractivity contribution in [1.29, 1.82) is 0 Å². The van der Waals surface area contributed by atoms with Crippen molar-refractivity contribution in [2.45, 2.75) is 11.5 Å². The van der Waals surface area contributed by atoms with Gasteiger partial charge in [0.25, 0.3) is 15.7 Å². The monoisotopic (exact) mass is 506 g/mol. The van der Waals surface area contributed by atoms with E-state index in [9.17, 15) is 37.2 Å². The van der Waals surface area contributed by atoms with Gasteiger partial charge in [-0.1, -0.05) is 12.1 Å². The molecule has 0 fully saturated rings. The molecule has 0 atom stereocenters. The van der Waals surface area contributed by atoms with Gasteiger partial charge in [-0.25, -0.2) is 13.2 Å². The quantitative estimate of drug-likeness (QED) is 0.210. The van der Waals surface area contributed by atoms with Crippen LogP contribution in [-0.2, 0) is 10.0 Å². The molecule has 0 spiro atoms. The Morgan fingerprint density at radius 2 is 1.77 bits per heavy atom. The first kappa shape index (κ1) is 25.0. The summed E-state index contributed by atoms with van der Waals surface area (Å²) in [6, 6.07) is 13.7. The number of ether oxygens (including phenoxy) is 1. The highest BCUT2D eigenvalue weighted by Gasteiger charge is 2.23. The van der Waals surface area contributed by atoms with Crippen LogP contribution in [0.3, 0.4) is 0 Å². The first-order valence-corrected chi connectivity index (χ1v) is 11.0. The Labute approximate surface area is 196 Å². The molecule has 35 heavy (non-hydrogen) atoms. The van der Waals surface area contributed by atoms with Gasteiger partial charge >= 0.3 is 12.6 Å². The smallest absolute Gasteiger partial charge is 0.387 e. The van der Waals surface area contributed by atoms with Crippen molar-refractivity contribution >= 4 is 39.3 Å². The molecule has 0 aliphatic carbocycles. The number of sulfonamides is 1. The number of nitro benzene ring substituents is 1. The number of hydrogen-bond donors (Lipinski definition) is 3. The average Bonchev–Trinajstić information content (AvgIpc) is 2.79. The average molecular weight is 506 g/mol. The van der Waals surface area contributed by atoms with Gasteiger partial charge in [0.2, 0.25) is 0 Å². The largest absolute Gasteiger partial charge is 0.478 e. The zero-order valence-electron chi connectivity index (χ0n) is 17.5. The molecule has 0 aliphatic heterocycles. The maximum absolute atomic E-state index is 12.7. The molecule has 182 valence electrons. The second-order valence-corrected chi connectivity index (χ2v) is 8.39. The molecule has 3 aromatic rings. The van der Waals surface area contributed by atoms with E-state index in [1.807, 2.05) is 0 Å². The van der Waals surface area contributed by atoms with Gasteiger partial charge < -0.3 is 9.84 Å². The molecule has 0 saturated heterocycles. The number of benzene rings is 3. The van der Waals surface area contributed by atoms with Gasteiger partial charge in [-0.05, 0) is 54.1 Å². The number of rotatable bonds is 10. The lowest BCUT2D eigenvalue weighted by Crippen LogP contribution is -2.16. The number of carbonyl (C=O) groups is 1. The molecule has 0 amide bonds. The summed E-state index contributed by atoms with van der Waals surface area (Å²) < 4.78 is 56.2. The molecule has 3 rings (SSSR count). The summed E-state index contributed by atoms with van der Waals surface area (Å²) in [7, 11) is -4.37. The second-order valence-electron chi connectivity index (χ2n) is 6.71. The van der Waals surface area contributed by atoms with Crippen molar-refractivity contribution in [3.8, 4) is 5.75 Å². The summed E-state index contributed by atoms with van der Waals surface area (Å²) in [5, 5.41) is 24.6. The fourth-order valence-electron chi connectivity index (χ4n) is 2.80. The number of anilines is 2. The number of alkyl halides is 2. The van der Waals surface area contributed by atoms with Gasteiger partial charge in [-0.3, -0.25) is 20.3 Å². The van der Waals surface area contributed by atoms with E-state index in [1.54, 1.807) is 0 Å². The maximum atomic E-state index is 12.7. The van der Waals surface area contributed by atoms with Crippen LogP contribution in [-0.4, -0.2) is 37.2 Å². The highest BCUT2D eigenvalue weighted by Crippen LogP contribution is 2.29. The second kappa shape index (κ2) is 10.6. The summed E-state index contributed by atoms with van der Waals surface area (Å²) >= 11 is 0. The van der Waals surface area contributed by atoms with E-state index in [4.69, 9.17) is 0 Å². The highest BCUT2D eigenvalue weighted by atomic mass is 32.2. The molecule has 0 saturated carbocycles. The first-order valence-electron chi connectivity index (χ1n) is 9.54. The van der Waals surface area contributed by atoms with E-state index >= 15 is 0 Å². The number of carboxylic acids is 1. The summed E-state index contributed by atoms with van der Waals surface area (Å²) in [6.07, 6.45) is 1.25. The van der Waals surface area contributed by atoms with E-state index in [2.05, 4.69) is 20.0 Å². The fourth-order valence-corrected chi connectivity index (χ4v) is 3.90. The van der Waals surface area contributed by atoms with Crippen LogP contribution < -0.4 is 14.9 Å². The Bertz CT molecular complexity index is 1380. The Morgan fingerprint density at radius 3 is 2.40 bits per heavy atom. The molecule has 14 heteroatoms. The third kappa shape index (κ3) is 6.48. The molecule has 0 unspecified atom stereocenters. The zero-order valence-corrected chi connectivity index (χ0v) is 18.3. The third-order valence-corrected chi connectivity index (χ3v) is 5.75. The van der Waals surface area contributed by atoms with Crippen molar-refractivity contribution < 1.29 is 36.8 Å². The van der Waals surface area contributed by atoms with Gasteiger partial charge in [0.15, 0.2) is 0 Å². The number of para-hydroxylation sites is 1. The predicted octanol–water partition coefficient (Wildman–Crippen LogP) is 4.14. The van der Waals surface area contributed by atoms with Crippen LogP contribution in [0.5, 0.6) is 5.75 Å². The minimum Gasteiger partial charge on any atom is -0.478 e. The molecular formula is C21H16F2N4O7S. The molecule has 3 N–H and O–H groups in total. The summed E-state index contributed by atoms with van der Waals surface area (Å²) in [4.78, 5) is 21.5. The van der Waals surface area contributed by atoms with Crippen molar-refractivity contribution in [2.75, 3.05) is 10.1 Å². The number of halogens is 2. The van der Waals surface area contributed by atoms with Crippen LogP contribution in [0.2, 0.25) is 0 Å². The van der Waals surface area contributed by atoms with Gasteiger partial charge in [0.05, 0.1) is 27.3 Å². The van der Waals surface area contributed by atoms with Crippen LogP contribution in [0.4, 0.5) is 25.8 Å². The van der Waals surface area contributed by atoms with Gasteiger partial charge in [0.1, 0.15) is 11.4 Å². The number of nitrogens with zero attached hydrogens (tertiary/aromatic N) is 2. The minimum atomic E-state index is -4.37. The van der Waals surface area contributed by atoms with Crippen molar-refractivity contribution in [3.05, 3.63) is 88.0 Å². The number of carboxylic acid groups (broad SMARTS) is 1. The molecule has 3 aromatic carbocycles. The Kier molecular flexibility index (Phi) is 7.56. The van der Waals surface area contributed by atoms with E-state index in [1.165, 1.54) is 54.7 Å². The van der Waals surface area contributed by atoms with Gasteiger partial charge in [0, 0.05) is 6.07 Å². The standard InChI is InChI=1S/C21H16F2N4O7S/c22-21(23)34-14-7-5-13(6-8-14)12-24-25-18-10-9-15(11-19(18)27(30)31)35(32,33)26-17-4-2-1-3-16(17)20(28)29/h1-12,21,25-26H,(H,28,29)/b24-12+. The van der Waals surface area contributed by atoms with Crippen LogP contribution >= 0.6 is 0 Å². The Morgan fingerprint density at radius 1 is 1.09 bits per heavy atom. The number of hydrazone groups is 1. The van der Waals surface area contributed by atoms with Crippen molar-refractivity contribution in [3.63, 3.8) is 0 Å². The molecular weight excluding hydrogens is 490 g/mol. The summed E-state index contributed by atoms with van der Waals surface area (Å²) in [5.74, 6) is -1.42. The molecule has 0 radical (unpaired) electrons. The van der Waals surface area contributed by atoms with Crippen LogP contribution in [0.15, 0.2) is 76.7 Å².